The van der Waals surface area contributed by atoms with Crippen LogP contribution in [-0.2, 0) is 32.6 Å². The normalized spacial score (nSPS) is 17.1. The third-order valence-corrected chi connectivity index (χ3v) is 4.78. The van der Waals surface area contributed by atoms with Crippen LogP contribution in [0.3, 0.4) is 0 Å². The van der Waals surface area contributed by atoms with Crippen molar-refractivity contribution in [1.82, 2.24) is 0 Å². The van der Waals surface area contributed by atoms with Gasteiger partial charge >= 0.3 is 0 Å². The number of aryl methyl sites for hydroxylation is 4. The van der Waals surface area contributed by atoms with Crippen LogP contribution in [0.1, 0.15) is 29.2 Å². The smallest absolute Gasteiger partial charge is 0.0428 e. The molecule has 1 atom stereocenters. The summed E-state index contributed by atoms with van der Waals surface area (Å²) in [7, 11) is 0. The maximum atomic E-state index is 8.79. The van der Waals surface area contributed by atoms with E-state index in [1.807, 2.05) is 0 Å². The molecule has 0 aromatic heterocycles. The average Bonchev–Trinajstić information content (AvgIpc) is 2.88. The van der Waals surface area contributed by atoms with Gasteiger partial charge in [-0.2, -0.15) is 0 Å². The largest absolute Gasteiger partial charge is 0.640 e. The summed E-state index contributed by atoms with van der Waals surface area (Å²) in [6.07, 6.45) is 0.643. The SMILES string of the molecule is CCc1ccccc1N1CCN(c2c(C)cc(C)cc2C)C1[NH-].[Zr]. The molecule has 1 heterocycles. The van der Waals surface area contributed by atoms with Crippen LogP contribution in [0.25, 0.3) is 5.73 Å². The van der Waals surface area contributed by atoms with E-state index in [0.717, 1.165) is 19.5 Å². The molecule has 3 rings (SSSR count). The zero-order valence-corrected chi connectivity index (χ0v) is 17.5. The fraction of sp³-hybridized carbons (Fsp3) is 0.400. The van der Waals surface area contributed by atoms with Gasteiger partial charge in [-0.3, -0.25) is 0 Å². The Hall–Kier alpha value is -1.12. The fourth-order valence-corrected chi connectivity index (χ4v) is 3.83. The standard InChI is InChI=1S/C20H26N3.Zr/c1-5-17-8-6-7-9-18(17)22-10-11-23(20(22)21)19-15(3)12-14(2)13-16(19)4;/h6-9,12-13,20-21H,5,10-11H2,1-4H3;/q-1;. The van der Waals surface area contributed by atoms with Crippen LogP contribution in [0, 0.1) is 20.8 Å². The summed E-state index contributed by atoms with van der Waals surface area (Å²) in [4.78, 5) is 4.45. The number of benzene rings is 2. The first-order valence-electron chi connectivity index (χ1n) is 8.43. The maximum absolute atomic E-state index is 8.79. The first-order valence-corrected chi connectivity index (χ1v) is 8.43. The Kier molecular flexibility index (Phi) is 6.28. The summed E-state index contributed by atoms with van der Waals surface area (Å²) >= 11 is 0. The maximum Gasteiger partial charge on any atom is 0.0428 e. The Morgan fingerprint density at radius 2 is 1.58 bits per heavy atom. The van der Waals surface area contributed by atoms with Crippen molar-refractivity contribution < 1.29 is 26.2 Å². The zero-order valence-electron chi connectivity index (χ0n) is 15.1. The quantitative estimate of drug-likeness (QED) is 0.740. The molecule has 1 N–H and O–H groups in total. The van der Waals surface area contributed by atoms with Crippen LogP contribution in [0.15, 0.2) is 36.4 Å². The predicted octanol–water partition coefficient (Wildman–Crippen LogP) is 4.83. The Bertz CT molecular complexity index is 691. The molecular weight excluding hydrogens is 373 g/mol. The van der Waals surface area contributed by atoms with Gasteiger partial charge in [0.15, 0.2) is 0 Å². The topological polar surface area (TPSA) is 30.3 Å². The average molecular weight is 400 g/mol. The Labute approximate surface area is 165 Å². The number of para-hydroxylation sites is 1. The third-order valence-electron chi connectivity index (χ3n) is 4.78. The van der Waals surface area contributed by atoms with Crippen molar-refractivity contribution in [2.75, 3.05) is 22.9 Å². The van der Waals surface area contributed by atoms with Crippen LogP contribution in [0.4, 0.5) is 11.4 Å². The molecule has 4 heteroatoms. The predicted molar refractivity (Wildman–Crippen MR) is 99.3 cm³/mol. The van der Waals surface area contributed by atoms with Crippen molar-refractivity contribution in [1.29, 1.82) is 0 Å². The van der Waals surface area contributed by atoms with E-state index >= 15 is 0 Å². The van der Waals surface area contributed by atoms with Crippen LogP contribution >= 0.6 is 0 Å². The summed E-state index contributed by atoms with van der Waals surface area (Å²) < 4.78 is 0. The van der Waals surface area contributed by atoms with Gasteiger partial charge in [0.2, 0.25) is 0 Å². The second kappa shape index (κ2) is 7.84. The van der Waals surface area contributed by atoms with E-state index in [2.05, 4.69) is 73.9 Å². The van der Waals surface area contributed by atoms with Gasteiger partial charge in [0.1, 0.15) is 0 Å². The van der Waals surface area contributed by atoms with E-state index in [-0.39, 0.29) is 32.5 Å². The fourth-order valence-electron chi connectivity index (χ4n) is 3.83. The molecule has 0 amide bonds. The van der Waals surface area contributed by atoms with Crippen molar-refractivity contribution in [3.05, 3.63) is 64.4 Å². The van der Waals surface area contributed by atoms with Gasteiger partial charge in [-0.1, -0.05) is 42.8 Å². The molecule has 1 fully saturated rings. The number of rotatable bonds is 3. The molecular formula is C20H26N3Zr-. The summed E-state index contributed by atoms with van der Waals surface area (Å²) in [5, 5.41) is 0. The first kappa shape index (κ1) is 19.2. The van der Waals surface area contributed by atoms with Gasteiger partial charge in [0, 0.05) is 57.0 Å². The minimum absolute atomic E-state index is 0. The minimum Gasteiger partial charge on any atom is -0.640 e. The molecule has 24 heavy (non-hydrogen) atoms. The Morgan fingerprint density at radius 1 is 1.00 bits per heavy atom. The molecule has 0 spiro atoms. The number of hydrogen-bond donors (Lipinski definition) is 0. The van der Waals surface area contributed by atoms with Crippen LogP contribution in [0.5, 0.6) is 0 Å². The number of nitrogens with one attached hydrogen (secondary N) is 1. The van der Waals surface area contributed by atoms with E-state index in [1.165, 1.54) is 33.6 Å². The Morgan fingerprint density at radius 3 is 2.21 bits per heavy atom. The van der Waals surface area contributed by atoms with E-state index in [1.54, 1.807) is 0 Å². The van der Waals surface area contributed by atoms with Gasteiger partial charge < -0.3 is 15.5 Å². The van der Waals surface area contributed by atoms with Crippen molar-refractivity contribution in [2.24, 2.45) is 0 Å². The van der Waals surface area contributed by atoms with E-state index in [9.17, 15) is 0 Å². The van der Waals surface area contributed by atoms with Crippen molar-refractivity contribution in [3.8, 4) is 0 Å². The van der Waals surface area contributed by atoms with Gasteiger partial charge in [-0.15, -0.1) is 0 Å². The molecule has 2 aromatic carbocycles. The van der Waals surface area contributed by atoms with Gasteiger partial charge in [-0.05, 0) is 49.9 Å². The van der Waals surface area contributed by atoms with Crippen LogP contribution in [-0.4, -0.2) is 19.4 Å². The minimum atomic E-state index is -0.359. The summed E-state index contributed by atoms with van der Waals surface area (Å²) in [5.41, 5.74) is 16.4. The van der Waals surface area contributed by atoms with E-state index in [4.69, 9.17) is 5.73 Å². The molecule has 3 nitrogen and oxygen atoms in total. The number of hydrogen-bond acceptors (Lipinski definition) is 2. The van der Waals surface area contributed by atoms with E-state index in [0.29, 0.717) is 0 Å². The molecule has 1 unspecified atom stereocenters. The second-order valence-corrected chi connectivity index (χ2v) is 6.49. The zero-order chi connectivity index (χ0) is 16.6. The third kappa shape index (κ3) is 3.45. The second-order valence-electron chi connectivity index (χ2n) is 6.49. The van der Waals surface area contributed by atoms with Gasteiger partial charge in [-0.25, -0.2) is 0 Å². The molecule has 0 radical (unpaired) electrons. The van der Waals surface area contributed by atoms with Crippen molar-refractivity contribution in [2.45, 2.75) is 40.4 Å². The molecule has 1 saturated heterocycles. The molecule has 126 valence electrons. The molecule has 0 bridgehead atoms. The van der Waals surface area contributed by atoms with E-state index < -0.39 is 0 Å². The number of anilines is 2. The molecule has 1 aliphatic heterocycles. The van der Waals surface area contributed by atoms with Crippen molar-refractivity contribution in [3.63, 3.8) is 0 Å². The summed E-state index contributed by atoms with van der Waals surface area (Å²) in [5.74, 6) is 0. The van der Waals surface area contributed by atoms with Gasteiger partial charge in [0.25, 0.3) is 0 Å². The van der Waals surface area contributed by atoms with Crippen LogP contribution < -0.4 is 9.80 Å². The first-order chi connectivity index (χ1) is 11.0. The molecule has 0 saturated carbocycles. The summed E-state index contributed by atoms with van der Waals surface area (Å²) in [6.45, 7) is 10.4. The molecule has 0 aliphatic carbocycles. The Balaban J connectivity index is 0.00000208. The van der Waals surface area contributed by atoms with Crippen molar-refractivity contribution >= 4 is 11.4 Å². The molecule has 2 aromatic rings. The molecule has 1 aliphatic rings. The van der Waals surface area contributed by atoms with Gasteiger partial charge in [0.05, 0.1) is 0 Å². The van der Waals surface area contributed by atoms with Crippen LogP contribution in [0.2, 0.25) is 0 Å². The number of nitrogens with zero attached hydrogens (tertiary/aromatic N) is 2. The monoisotopic (exact) mass is 398 g/mol. The summed E-state index contributed by atoms with van der Waals surface area (Å²) in [6, 6.07) is 12.9.